The van der Waals surface area contributed by atoms with E-state index in [1.54, 1.807) is 6.07 Å². The number of anilines is 1. The van der Waals surface area contributed by atoms with Crippen LogP contribution in [-0.4, -0.2) is 24.0 Å². The molecule has 0 atom stereocenters. The van der Waals surface area contributed by atoms with E-state index >= 15 is 0 Å². The molecule has 1 aliphatic rings. The summed E-state index contributed by atoms with van der Waals surface area (Å²) in [5, 5.41) is 3.55. The largest absolute Gasteiger partial charge is 0.325 e. The van der Waals surface area contributed by atoms with Crippen LogP contribution >= 0.6 is 27.5 Å². The Morgan fingerprint density at radius 2 is 2.05 bits per heavy atom. The molecule has 19 heavy (non-hydrogen) atoms. The fraction of sp³-hybridized carbons (Fsp3) is 0.500. The Morgan fingerprint density at radius 1 is 1.42 bits per heavy atom. The van der Waals surface area contributed by atoms with Gasteiger partial charge < -0.3 is 10.2 Å². The number of nitrogens with one attached hydrogen (secondary N) is 1. The second kappa shape index (κ2) is 6.14. The van der Waals surface area contributed by atoms with Crippen LogP contribution in [0.3, 0.4) is 0 Å². The maximum atomic E-state index is 12.2. The van der Waals surface area contributed by atoms with Crippen LogP contribution in [0.1, 0.15) is 25.3 Å². The van der Waals surface area contributed by atoms with E-state index in [-0.39, 0.29) is 6.03 Å². The number of rotatable bonds is 1. The quantitative estimate of drug-likeness (QED) is 0.788. The molecule has 0 aliphatic carbocycles. The van der Waals surface area contributed by atoms with Crippen molar-refractivity contribution in [2.24, 2.45) is 5.92 Å². The zero-order chi connectivity index (χ0) is 14.0. The van der Waals surface area contributed by atoms with Crippen molar-refractivity contribution in [1.82, 2.24) is 4.90 Å². The first kappa shape index (κ1) is 14.7. The number of amides is 2. The smallest absolute Gasteiger partial charge is 0.321 e. The Balaban J connectivity index is 2.05. The number of hydrogen-bond acceptors (Lipinski definition) is 1. The van der Waals surface area contributed by atoms with Crippen molar-refractivity contribution in [1.29, 1.82) is 0 Å². The molecular formula is C14H18BrClN2O. The zero-order valence-electron chi connectivity index (χ0n) is 11.2. The molecule has 104 valence electrons. The summed E-state index contributed by atoms with van der Waals surface area (Å²) in [6.07, 6.45) is 2.15. The summed E-state index contributed by atoms with van der Waals surface area (Å²) < 4.78 is 0.844. The number of carbonyl (C=O) groups excluding carboxylic acids is 1. The number of benzene rings is 1. The lowest BCUT2D eigenvalue weighted by Gasteiger charge is -2.30. The molecule has 1 fully saturated rings. The SMILES string of the molecule is Cc1cc(Br)c(Cl)cc1NC(=O)N1CCC(C)CC1. The van der Waals surface area contributed by atoms with Crippen LogP contribution in [0, 0.1) is 12.8 Å². The first-order valence-corrected chi connectivity index (χ1v) is 7.66. The molecule has 0 aromatic heterocycles. The van der Waals surface area contributed by atoms with Crippen LogP contribution in [0.25, 0.3) is 0 Å². The van der Waals surface area contributed by atoms with Gasteiger partial charge in [0.1, 0.15) is 0 Å². The molecule has 0 spiro atoms. The lowest BCUT2D eigenvalue weighted by atomic mass is 10.00. The Hall–Kier alpha value is -0.740. The first-order chi connectivity index (χ1) is 8.97. The van der Waals surface area contributed by atoms with Gasteiger partial charge in [-0.25, -0.2) is 4.79 Å². The Labute approximate surface area is 127 Å². The third-order valence-corrected chi connectivity index (χ3v) is 4.78. The van der Waals surface area contributed by atoms with E-state index in [0.717, 1.165) is 41.7 Å². The first-order valence-electron chi connectivity index (χ1n) is 6.49. The lowest BCUT2D eigenvalue weighted by Crippen LogP contribution is -2.40. The average molecular weight is 346 g/mol. The minimum atomic E-state index is -0.0339. The average Bonchev–Trinajstić information content (AvgIpc) is 2.36. The highest BCUT2D eigenvalue weighted by atomic mass is 79.9. The van der Waals surface area contributed by atoms with Gasteiger partial charge in [0.25, 0.3) is 0 Å². The van der Waals surface area contributed by atoms with E-state index in [0.29, 0.717) is 10.9 Å². The molecule has 0 unspecified atom stereocenters. The van der Waals surface area contributed by atoms with Gasteiger partial charge in [0, 0.05) is 23.2 Å². The number of halogens is 2. The van der Waals surface area contributed by atoms with E-state index in [9.17, 15) is 4.79 Å². The fourth-order valence-corrected chi connectivity index (χ4v) is 2.81. The summed E-state index contributed by atoms with van der Waals surface area (Å²) in [6.45, 7) is 5.84. The number of nitrogens with zero attached hydrogens (tertiary/aromatic N) is 1. The van der Waals surface area contributed by atoms with Crippen molar-refractivity contribution in [3.8, 4) is 0 Å². The van der Waals surface area contributed by atoms with Crippen LogP contribution in [0.15, 0.2) is 16.6 Å². The van der Waals surface area contributed by atoms with E-state index < -0.39 is 0 Å². The predicted octanol–water partition coefficient (Wildman–Crippen LogP) is 4.67. The Morgan fingerprint density at radius 3 is 2.68 bits per heavy atom. The van der Waals surface area contributed by atoms with Crippen molar-refractivity contribution in [2.75, 3.05) is 18.4 Å². The molecule has 1 saturated heterocycles. The topological polar surface area (TPSA) is 32.3 Å². The molecule has 5 heteroatoms. The maximum absolute atomic E-state index is 12.2. The number of likely N-dealkylation sites (tertiary alicyclic amines) is 1. The molecule has 1 N–H and O–H groups in total. The number of piperidine rings is 1. The molecule has 0 saturated carbocycles. The summed E-state index contributed by atoms with van der Waals surface area (Å²) >= 11 is 9.44. The molecule has 3 nitrogen and oxygen atoms in total. The van der Waals surface area contributed by atoms with Crippen molar-refractivity contribution in [3.05, 3.63) is 27.2 Å². The third kappa shape index (κ3) is 3.63. The van der Waals surface area contributed by atoms with Crippen molar-refractivity contribution in [3.63, 3.8) is 0 Å². The number of aryl methyl sites for hydroxylation is 1. The van der Waals surface area contributed by atoms with Crippen molar-refractivity contribution >= 4 is 39.2 Å². The van der Waals surface area contributed by atoms with Gasteiger partial charge in [-0.15, -0.1) is 0 Å². The Kier molecular flexibility index (Phi) is 4.74. The minimum absolute atomic E-state index is 0.0339. The molecule has 1 aromatic carbocycles. The Bertz CT molecular complexity index is 485. The number of hydrogen-bond donors (Lipinski definition) is 1. The molecule has 1 aliphatic heterocycles. The van der Waals surface area contributed by atoms with Gasteiger partial charge in [0.05, 0.1) is 5.02 Å². The highest BCUT2D eigenvalue weighted by molar-refractivity contribution is 9.10. The monoisotopic (exact) mass is 344 g/mol. The van der Waals surface area contributed by atoms with Gasteiger partial charge in [0.15, 0.2) is 0 Å². The standard InChI is InChI=1S/C14H18BrClN2O/c1-9-3-5-18(6-4-9)14(19)17-13-8-12(16)11(15)7-10(13)2/h7-9H,3-6H2,1-2H3,(H,17,19). The van der Waals surface area contributed by atoms with E-state index in [4.69, 9.17) is 11.6 Å². The molecule has 2 rings (SSSR count). The summed E-state index contributed by atoms with van der Waals surface area (Å²) in [4.78, 5) is 14.1. The van der Waals surface area contributed by atoms with Gasteiger partial charge in [-0.3, -0.25) is 0 Å². The summed E-state index contributed by atoms with van der Waals surface area (Å²) in [5.74, 6) is 0.716. The number of urea groups is 1. The molecule has 1 heterocycles. The zero-order valence-corrected chi connectivity index (χ0v) is 13.5. The third-order valence-electron chi connectivity index (χ3n) is 3.58. The summed E-state index contributed by atoms with van der Waals surface area (Å²) in [6, 6.07) is 3.66. The van der Waals surface area contributed by atoms with Crippen molar-refractivity contribution < 1.29 is 4.79 Å². The van der Waals surface area contributed by atoms with Crippen LogP contribution in [0.2, 0.25) is 5.02 Å². The van der Waals surface area contributed by atoms with E-state index in [2.05, 4.69) is 28.2 Å². The maximum Gasteiger partial charge on any atom is 0.321 e. The molecular weight excluding hydrogens is 328 g/mol. The molecule has 1 aromatic rings. The highest BCUT2D eigenvalue weighted by Crippen LogP contribution is 2.29. The van der Waals surface area contributed by atoms with Gasteiger partial charge in [0.2, 0.25) is 0 Å². The van der Waals surface area contributed by atoms with Gasteiger partial charge in [-0.2, -0.15) is 0 Å². The molecule has 0 bridgehead atoms. The predicted molar refractivity (Wildman–Crippen MR) is 82.9 cm³/mol. The van der Waals surface area contributed by atoms with Gasteiger partial charge in [-0.1, -0.05) is 18.5 Å². The van der Waals surface area contributed by atoms with Crippen LogP contribution in [0.4, 0.5) is 10.5 Å². The second-order valence-corrected chi connectivity index (χ2v) is 6.44. The van der Waals surface area contributed by atoms with E-state index in [1.807, 2.05) is 17.9 Å². The fourth-order valence-electron chi connectivity index (χ4n) is 2.19. The van der Waals surface area contributed by atoms with Crippen LogP contribution in [-0.2, 0) is 0 Å². The minimum Gasteiger partial charge on any atom is -0.325 e. The molecule has 2 amide bonds. The number of carbonyl (C=O) groups is 1. The highest BCUT2D eigenvalue weighted by Gasteiger charge is 2.20. The van der Waals surface area contributed by atoms with Gasteiger partial charge in [-0.05, 0) is 59.3 Å². The van der Waals surface area contributed by atoms with Gasteiger partial charge >= 0.3 is 6.03 Å². The van der Waals surface area contributed by atoms with E-state index in [1.165, 1.54) is 0 Å². The summed E-state index contributed by atoms with van der Waals surface area (Å²) in [7, 11) is 0. The van der Waals surface area contributed by atoms with Crippen LogP contribution in [0.5, 0.6) is 0 Å². The van der Waals surface area contributed by atoms with Crippen LogP contribution < -0.4 is 5.32 Å². The molecule has 0 radical (unpaired) electrons. The second-order valence-electron chi connectivity index (χ2n) is 5.18. The normalized spacial score (nSPS) is 16.5. The van der Waals surface area contributed by atoms with Crippen molar-refractivity contribution in [2.45, 2.75) is 26.7 Å². The lowest BCUT2D eigenvalue weighted by molar-refractivity contribution is 0.186. The summed E-state index contributed by atoms with van der Waals surface area (Å²) in [5.41, 5.74) is 1.77.